The Morgan fingerprint density at radius 3 is 2.40 bits per heavy atom. The van der Waals surface area contributed by atoms with Crippen molar-refractivity contribution in [1.29, 1.82) is 0 Å². The zero-order valence-corrected chi connectivity index (χ0v) is 23.7. The van der Waals surface area contributed by atoms with E-state index in [9.17, 15) is 4.79 Å². The van der Waals surface area contributed by atoms with Gasteiger partial charge in [0.05, 0.1) is 22.8 Å². The van der Waals surface area contributed by atoms with Crippen LogP contribution in [0.5, 0.6) is 0 Å². The van der Waals surface area contributed by atoms with E-state index in [1.165, 1.54) is 0 Å². The Labute approximate surface area is 241 Å². The molecule has 208 valence electrons. The molecule has 3 aromatic carbocycles. The Bertz CT molecular complexity index is 1580. The summed E-state index contributed by atoms with van der Waals surface area (Å²) in [5.41, 5.74) is 10.9. The van der Waals surface area contributed by atoms with Crippen LogP contribution in [-0.2, 0) is 32.4 Å². The molecule has 0 aliphatic carbocycles. The second-order valence-electron chi connectivity index (χ2n) is 9.82. The minimum absolute atomic E-state index is 0.0561. The highest BCUT2D eigenvalue weighted by molar-refractivity contribution is 6.35. The van der Waals surface area contributed by atoms with Gasteiger partial charge in [-0.2, -0.15) is 5.10 Å². The number of anilines is 1. The molecule has 0 saturated heterocycles. The number of hydrogen-bond donors (Lipinski definition) is 2. The number of carbonyl (C=O) groups is 1. The van der Waals surface area contributed by atoms with Crippen LogP contribution in [0.15, 0.2) is 48.5 Å². The van der Waals surface area contributed by atoms with Crippen LogP contribution < -0.4 is 11.1 Å². The maximum atomic E-state index is 15.8. The van der Waals surface area contributed by atoms with E-state index in [1.807, 2.05) is 24.3 Å². The van der Waals surface area contributed by atoms with E-state index in [1.54, 1.807) is 16.8 Å². The second-order valence-corrected chi connectivity index (χ2v) is 10.7. The van der Waals surface area contributed by atoms with E-state index in [4.69, 9.17) is 34.0 Å². The van der Waals surface area contributed by atoms with Crippen LogP contribution in [0.25, 0.3) is 16.9 Å². The van der Waals surface area contributed by atoms with Crippen molar-refractivity contribution in [2.45, 2.75) is 46.2 Å². The Balaban J connectivity index is 1.68. The highest BCUT2D eigenvalue weighted by Gasteiger charge is 2.30. The number of amides is 2. The van der Waals surface area contributed by atoms with Crippen LogP contribution in [-0.4, -0.2) is 27.3 Å². The van der Waals surface area contributed by atoms with E-state index in [0.717, 1.165) is 65.2 Å². The number of urea groups is 1. The number of primary amides is 1. The fraction of sp³-hybridized carbons (Fsp3) is 0.267. The van der Waals surface area contributed by atoms with Gasteiger partial charge in [-0.15, -0.1) is 0 Å². The minimum Gasteiger partial charge on any atom is -0.351 e. The number of halogens is 4. The molecule has 0 saturated carbocycles. The summed E-state index contributed by atoms with van der Waals surface area (Å²) in [6.07, 6.45) is 2.11. The van der Waals surface area contributed by atoms with Crippen molar-refractivity contribution in [2.75, 3.05) is 11.9 Å². The number of benzene rings is 3. The number of fused-ring (bicyclic) bond motifs is 1. The van der Waals surface area contributed by atoms with Crippen molar-refractivity contribution in [3.8, 4) is 16.9 Å². The fourth-order valence-corrected chi connectivity index (χ4v) is 5.81. The number of carbonyl (C=O) groups excluding carboxylic acids is 1. The van der Waals surface area contributed by atoms with Crippen LogP contribution in [0, 0.1) is 11.6 Å². The maximum Gasteiger partial charge on any atom is 0.316 e. The van der Waals surface area contributed by atoms with Gasteiger partial charge in [0.2, 0.25) is 0 Å². The summed E-state index contributed by atoms with van der Waals surface area (Å²) in [7, 11) is 0. The minimum atomic E-state index is -0.977. The van der Waals surface area contributed by atoms with Crippen molar-refractivity contribution < 1.29 is 13.6 Å². The SMILES string of the molecule is CCc1cccc(CC)c1-n1nc2c(c1-c1cc(F)c(NC(N)=O)cc1F)CN(Cc1ccc(Cl)cc1Cl)CC2. The van der Waals surface area contributed by atoms with Gasteiger partial charge in [0.15, 0.2) is 0 Å². The van der Waals surface area contributed by atoms with Crippen LogP contribution in [0.3, 0.4) is 0 Å². The fourth-order valence-electron chi connectivity index (χ4n) is 5.34. The van der Waals surface area contributed by atoms with Gasteiger partial charge in [-0.25, -0.2) is 18.3 Å². The number of aromatic nitrogens is 2. The Hall–Kier alpha value is -3.46. The molecule has 0 unspecified atom stereocenters. The van der Waals surface area contributed by atoms with Crippen molar-refractivity contribution in [3.05, 3.63) is 98.2 Å². The first-order chi connectivity index (χ1) is 19.2. The van der Waals surface area contributed by atoms with Gasteiger partial charge in [-0.3, -0.25) is 4.90 Å². The number of rotatable bonds is 7. The maximum absolute atomic E-state index is 15.8. The molecule has 0 atom stereocenters. The molecule has 2 amide bonds. The number of nitrogens with two attached hydrogens (primary N) is 1. The average Bonchev–Trinajstić information content (AvgIpc) is 3.29. The smallest absolute Gasteiger partial charge is 0.316 e. The first-order valence-electron chi connectivity index (χ1n) is 13.1. The lowest BCUT2D eigenvalue weighted by Gasteiger charge is -2.27. The molecule has 2 heterocycles. The third-order valence-corrected chi connectivity index (χ3v) is 7.86. The van der Waals surface area contributed by atoms with Crippen LogP contribution in [0.1, 0.15) is 41.8 Å². The van der Waals surface area contributed by atoms with E-state index in [0.29, 0.717) is 35.2 Å². The van der Waals surface area contributed by atoms with Gasteiger partial charge >= 0.3 is 6.03 Å². The van der Waals surface area contributed by atoms with Crippen molar-refractivity contribution in [3.63, 3.8) is 0 Å². The number of para-hydroxylation sites is 1. The molecular formula is C30H29Cl2F2N5O. The molecule has 1 aromatic heterocycles. The summed E-state index contributed by atoms with van der Waals surface area (Å²) < 4.78 is 32.7. The number of nitrogens with zero attached hydrogens (tertiary/aromatic N) is 3. The van der Waals surface area contributed by atoms with Gasteiger partial charge in [0.1, 0.15) is 11.6 Å². The van der Waals surface area contributed by atoms with Crippen molar-refractivity contribution in [1.82, 2.24) is 14.7 Å². The molecule has 0 bridgehead atoms. The van der Waals surface area contributed by atoms with Gasteiger partial charge in [0.25, 0.3) is 0 Å². The molecule has 6 nitrogen and oxygen atoms in total. The van der Waals surface area contributed by atoms with Crippen molar-refractivity contribution >= 4 is 34.9 Å². The second kappa shape index (κ2) is 11.6. The molecule has 5 rings (SSSR count). The highest BCUT2D eigenvalue weighted by Crippen LogP contribution is 2.38. The Morgan fingerprint density at radius 2 is 1.75 bits per heavy atom. The predicted molar refractivity (Wildman–Crippen MR) is 155 cm³/mol. The van der Waals surface area contributed by atoms with E-state index < -0.39 is 17.7 Å². The summed E-state index contributed by atoms with van der Waals surface area (Å²) in [6, 6.07) is 12.6. The average molecular weight is 584 g/mol. The third kappa shape index (κ3) is 5.44. The van der Waals surface area contributed by atoms with Gasteiger partial charge in [0, 0.05) is 53.3 Å². The number of nitrogens with one attached hydrogen (secondary N) is 1. The normalized spacial score (nSPS) is 13.3. The molecule has 10 heteroatoms. The number of hydrogen-bond acceptors (Lipinski definition) is 3. The van der Waals surface area contributed by atoms with E-state index in [2.05, 4.69) is 24.1 Å². The first kappa shape index (κ1) is 28.1. The summed E-state index contributed by atoms with van der Waals surface area (Å²) in [5, 5.41) is 8.28. The van der Waals surface area contributed by atoms with E-state index in [-0.39, 0.29) is 11.3 Å². The topological polar surface area (TPSA) is 76.2 Å². The van der Waals surface area contributed by atoms with Crippen molar-refractivity contribution in [2.24, 2.45) is 5.73 Å². The van der Waals surface area contributed by atoms with Gasteiger partial charge in [-0.1, -0.05) is 61.3 Å². The summed E-state index contributed by atoms with van der Waals surface area (Å²) in [5.74, 6) is -1.49. The van der Waals surface area contributed by atoms with E-state index >= 15 is 8.78 Å². The monoisotopic (exact) mass is 583 g/mol. The molecule has 3 N–H and O–H groups in total. The first-order valence-corrected chi connectivity index (χ1v) is 13.9. The molecule has 0 radical (unpaired) electrons. The van der Waals surface area contributed by atoms with Crippen LogP contribution >= 0.6 is 23.2 Å². The summed E-state index contributed by atoms with van der Waals surface area (Å²) in [4.78, 5) is 13.5. The zero-order chi connectivity index (χ0) is 28.6. The standard InChI is InChI=1S/C30H29Cl2F2N5O/c1-3-17-6-5-7-18(4-2)28(17)39-29(21-13-25(34)27(14-24(21)33)36-30(35)40)22-16-38(11-10-26(22)37-39)15-19-8-9-20(31)12-23(19)32/h5-9,12-14H,3-4,10-11,15-16H2,1-2H3,(H3,35,36,40). The lowest BCUT2D eigenvalue weighted by molar-refractivity contribution is 0.245. The molecule has 1 aliphatic heterocycles. The lowest BCUT2D eigenvalue weighted by atomic mass is 9.98. The lowest BCUT2D eigenvalue weighted by Crippen LogP contribution is -2.30. The Morgan fingerprint density at radius 1 is 1.02 bits per heavy atom. The molecule has 0 spiro atoms. The molecule has 0 fully saturated rings. The molecule has 4 aromatic rings. The van der Waals surface area contributed by atoms with Gasteiger partial charge < -0.3 is 11.1 Å². The summed E-state index contributed by atoms with van der Waals surface area (Å²) >= 11 is 12.5. The Kier molecular flexibility index (Phi) is 8.12. The van der Waals surface area contributed by atoms with Crippen LogP contribution in [0.2, 0.25) is 10.0 Å². The molecule has 40 heavy (non-hydrogen) atoms. The quantitative estimate of drug-likeness (QED) is 0.240. The predicted octanol–water partition coefficient (Wildman–Crippen LogP) is 7.30. The van der Waals surface area contributed by atoms with Gasteiger partial charge in [-0.05, 0) is 47.7 Å². The van der Waals surface area contributed by atoms with Crippen LogP contribution in [0.4, 0.5) is 19.3 Å². The molecular weight excluding hydrogens is 555 g/mol. The number of aryl methyl sites for hydroxylation is 2. The zero-order valence-electron chi connectivity index (χ0n) is 22.2. The third-order valence-electron chi connectivity index (χ3n) is 7.27. The molecule has 1 aliphatic rings. The largest absolute Gasteiger partial charge is 0.351 e. The summed E-state index contributed by atoms with van der Waals surface area (Å²) in [6.45, 7) is 5.86. The highest BCUT2D eigenvalue weighted by atomic mass is 35.5.